The Kier molecular flexibility index (Phi) is 6.12. The summed E-state index contributed by atoms with van der Waals surface area (Å²) in [7, 11) is 1.66. The molecular formula is C19H25N3O4. The molecular weight excluding hydrogens is 334 g/mol. The van der Waals surface area contributed by atoms with E-state index < -0.39 is 0 Å². The van der Waals surface area contributed by atoms with Crippen LogP contribution in [0.25, 0.3) is 0 Å². The predicted octanol–water partition coefficient (Wildman–Crippen LogP) is 2.34. The van der Waals surface area contributed by atoms with E-state index in [1.807, 2.05) is 13.0 Å². The average molecular weight is 359 g/mol. The maximum absolute atomic E-state index is 10.6. The second-order valence-corrected chi connectivity index (χ2v) is 6.32. The third kappa shape index (κ3) is 4.16. The molecule has 2 N–H and O–H groups in total. The van der Waals surface area contributed by atoms with Crippen LogP contribution in [0.5, 0.6) is 5.75 Å². The van der Waals surface area contributed by atoms with Crippen LogP contribution in [0.2, 0.25) is 0 Å². The highest BCUT2D eigenvalue weighted by Gasteiger charge is 2.26. The largest absolute Gasteiger partial charge is 0.496 e. The molecule has 0 aliphatic carbocycles. The van der Waals surface area contributed by atoms with E-state index in [4.69, 9.17) is 14.2 Å². The van der Waals surface area contributed by atoms with Gasteiger partial charge in [0, 0.05) is 31.4 Å². The smallest absolute Gasteiger partial charge is 0.212 e. The van der Waals surface area contributed by atoms with Crippen molar-refractivity contribution in [3.63, 3.8) is 0 Å². The lowest BCUT2D eigenvalue weighted by atomic mass is 9.89. The Morgan fingerprint density at radius 1 is 1.35 bits per heavy atom. The van der Waals surface area contributed by atoms with Gasteiger partial charge in [0.25, 0.3) is 0 Å². The van der Waals surface area contributed by atoms with Gasteiger partial charge in [0.1, 0.15) is 17.8 Å². The third-order valence-electron chi connectivity index (χ3n) is 4.65. The van der Waals surface area contributed by atoms with Crippen molar-refractivity contribution in [1.82, 2.24) is 10.6 Å². The Labute approximate surface area is 153 Å². The number of ether oxygens (including phenoxy) is 3. The monoisotopic (exact) mass is 359 g/mol. The fourth-order valence-electron chi connectivity index (χ4n) is 3.33. The van der Waals surface area contributed by atoms with Crippen LogP contribution in [0.4, 0.5) is 5.69 Å². The average Bonchev–Trinajstić information content (AvgIpc) is 3.31. The number of carbonyl (C=O) groups excluding carboxylic acids is 1. The molecule has 0 bridgehead atoms. The van der Waals surface area contributed by atoms with Gasteiger partial charge in [-0.25, -0.2) is 4.99 Å². The van der Waals surface area contributed by atoms with Gasteiger partial charge in [-0.15, -0.1) is 0 Å². The molecule has 1 amide bonds. The highest BCUT2D eigenvalue weighted by Crippen LogP contribution is 2.42. The number of nitrogens with one attached hydrogen (secondary N) is 2. The maximum Gasteiger partial charge on any atom is 0.212 e. The first-order valence-corrected chi connectivity index (χ1v) is 8.84. The van der Waals surface area contributed by atoms with Gasteiger partial charge in [-0.05, 0) is 37.3 Å². The number of amides is 1. The van der Waals surface area contributed by atoms with Crippen LogP contribution in [0.1, 0.15) is 36.8 Å². The van der Waals surface area contributed by atoms with Crippen LogP contribution < -0.4 is 15.4 Å². The van der Waals surface area contributed by atoms with Crippen molar-refractivity contribution < 1.29 is 19.0 Å². The molecule has 1 unspecified atom stereocenters. The van der Waals surface area contributed by atoms with Gasteiger partial charge in [0.2, 0.25) is 6.41 Å². The van der Waals surface area contributed by atoms with Crippen molar-refractivity contribution in [2.24, 2.45) is 4.99 Å². The molecule has 1 fully saturated rings. The molecule has 1 aromatic carbocycles. The Morgan fingerprint density at radius 2 is 2.15 bits per heavy atom. The maximum atomic E-state index is 10.6. The highest BCUT2D eigenvalue weighted by atomic mass is 16.5. The van der Waals surface area contributed by atoms with Gasteiger partial charge in [0.05, 0.1) is 12.8 Å². The lowest BCUT2D eigenvalue weighted by Crippen LogP contribution is -2.21. The molecule has 1 atom stereocenters. The van der Waals surface area contributed by atoms with Crippen LogP contribution in [0.15, 0.2) is 29.6 Å². The fraction of sp³-hybridized carbons (Fsp3) is 0.474. The van der Waals surface area contributed by atoms with Crippen molar-refractivity contribution >= 4 is 17.9 Å². The van der Waals surface area contributed by atoms with E-state index in [-0.39, 0.29) is 6.23 Å². The van der Waals surface area contributed by atoms with E-state index >= 15 is 0 Å². The fourth-order valence-corrected chi connectivity index (χ4v) is 3.33. The van der Waals surface area contributed by atoms with Crippen LogP contribution in [0, 0.1) is 0 Å². The summed E-state index contributed by atoms with van der Waals surface area (Å²) in [5.41, 5.74) is 3.29. The number of hydrogen-bond acceptors (Lipinski definition) is 6. The van der Waals surface area contributed by atoms with Crippen molar-refractivity contribution in [2.45, 2.75) is 38.3 Å². The van der Waals surface area contributed by atoms with Gasteiger partial charge in [-0.2, -0.15) is 0 Å². The van der Waals surface area contributed by atoms with Crippen molar-refractivity contribution in [3.05, 3.63) is 35.7 Å². The molecule has 7 heteroatoms. The lowest BCUT2D eigenvalue weighted by molar-refractivity contribution is -0.108. The quantitative estimate of drug-likeness (QED) is 0.810. The Balaban J connectivity index is 0.000000278. The summed E-state index contributed by atoms with van der Waals surface area (Å²) < 4.78 is 15.7. The first-order valence-electron chi connectivity index (χ1n) is 8.84. The summed E-state index contributed by atoms with van der Waals surface area (Å²) in [5.74, 6) is 2.00. The summed E-state index contributed by atoms with van der Waals surface area (Å²) >= 11 is 0. The topological polar surface area (TPSA) is 81.2 Å². The van der Waals surface area contributed by atoms with Gasteiger partial charge in [-0.1, -0.05) is 6.07 Å². The molecule has 3 aliphatic rings. The molecule has 3 heterocycles. The van der Waals surface area contributed by atoms with Crippen molar-refractivity contribution in [3.8, 4) is 5.75 Å². The van der Waals surface area contributed by atoms with Gasteiger partial charge >= 0.3 is 0 Å². The summed E-state index contributed by atoms with van der Waals surface area (Å²) in [6, 6.07) is 4.10. The van der Waals surface area contributed by atoms with Crippen LogP contribution in [-0.4, -0.2) is 38.8 Å². The number of aliphatic imine (C=N–C) groups is 1. The molecule has 1 saturated heterocycles. The highest BCUT2D eigenvalue weighted by molar-refractivity contribution is 5.99. The third-order valence-corrected chi connectivity index (χ3v) is 4.65. The van der Waals surface area contributed by atoms with E-state index in [9.17, 15) is 4.79 Å². The zero-order valence-electron chi connectivity index (χ0n) is 15.2. The number of nitrogens with zero attached hydrogens (tertiary/aromatic N) is 1. The number of carbonyl (C=O) groups is 1. The zero-order valence-corrected chi connectivity index (χ0v) is 15.2. The number of methoxy groups -OCH3 is 1. The molecule has 3 aliphatic heterocycles. The minimum atomic E-state index is 0.185. The van der Waals surface area contributed by atoms with Crippen LogP contribution in [-0.2, 0) is 20.7 Å². The minimum Gasteiger partial charge on any atom is -0.496 e. The summed E-state index contributed by atoms with van der Waals surface area (Å²) in [6.45, 7) is 3.54. The number of rotatable bonds is 3. The lowest BCUT2D eigenvalue weighted by Gasteiger charge is -2.24. The molecule has 4 rings (SSSR count). The predicted molar refractivity (Wildman–Crippen MR) is 98.6 cm³/mol. The molecule has 0 radical (unpaired) electrons. The minimum absolute atomic E-state index is 0.185. The molecule has 1 aromatic rings. The van der Waals surface area contributed by atoms with Gasteiger partial charge in [-0.3, -0.25) is 4.79 Å². The Hall–Kier alpha value is -2.54. The second-order valence-electron chi connectivity index (χ2n) is 6.32. The van der Waals surface area contributed by atoms with Crippen molar-refractivity contribution in [1.29, 1.82) is 0 Å². The SMILES string of the molecule is CC1NC=CO1.COc1ccc(C2CCOCC2)c2c1CC(NC=O)=N2. The van der Waals surface area contributed by atoms with E-state index in [1.54, 1.807) is 19.6 Å². The summed E-state index contributed by atoms with van der Waals surface area (Å²) in [4.78, 5) is 15.2. The van der Waals surface area contributed by atoms with Gasteiger partial charge < -0.3 is 24.8 Å². The van der Waals surface area contributed by atoms with E-state index in [2.05, 4.69) is 21.7 Å². The van der Waals surface area contributed by atoms with Crippen molar-refractivity contribution in [2.75, 3.05) is 20.3 Å². The first-order chi connectivity index (χ1) is 12.7. The number of fused-ring (bicyclic) bond motifs is 1. The normalized spacial score (nSPS) is 20.8. The Bertz CT molecular complexity index is 688. The molecule has 26 heavy (non-hydrogen) atoms. The molecule has 7 nitrogen and oxygen atoms in total. The van der Waals surface area contributed by atoms with E-state index in [0.717, 1.165) is 43.1 Å². The first kappa shape index (κ1) is 18.3. The van der Waals surface area contributed by atoms with E-state index in [1.165, 1.54) is 5.56 Å². The molecule has 0 spiro atoms. The number of benzene rings is 1. The second kappa shape index (κ2) is 8.71. The molecule has 140 valence electrons. The zero-order chi connectivity index (χ0) is 18.4. The number of amidine groups is 1. The molecule has 0 saturated carbocycles. The van der Waals surface area contributed by atoms with Crippen LogP contribution >= 0.6 is 0 Å². The van der Waals surface area contributed by atoms with Gasteiger partial charge in [0.15, 0.2) is 6.23 Å². The summed E-state index contributed by atoms with van der Waals surface area (Å²) in [6.07, 6.45) is 6.94. The standard InChI is InChI=1S/C15H18N2O3.C4H7NO/c1-19-13-3-2-11(10-4-6-20-7-5-10)15-12(13)8-14(17-15)16-9-18;1-4-5-2-3-6-4/h2-3,9-10H,4-8H2,1H3,(H,16,17,18);2-5H,1H3. The number of hydrogen-bond donors (Lipinski definition) is 2. The van der Waals surface area contributed by atoms with Crippen LogP contribution in [0.3, 0.4) is 0 Å². The van der Waals surface area contributed by atoms with E-state index in [0.29, 0.717) is 24.6 Å². The molecule has 0 aromatic heterocycles. The Morgan fingerprint density at radius 3 is 2.73 bits per heavy atom. The summed E-state index contributed by atoms with van der Waals surface area (Å²) in [5, 5.41) is 5.58.